The molecule has 0 aromatic heterocycles. The normalized spacial score (nSPS) is 11.7. The average Bonchev–Trinajstić information content (AvgIpc) is 2.56. The largest absolute Gasteiger partial charge is 0.481 e. The third-order valence-electron chi connectivity index (χ3n) is 3.81. The summed E-state index contributed by atoms with van der Waals surface area (Å²) in [6.07, 6.45) is -0.642. The lowest BCUT2D eigenvalue weighted by Gasteiger charge is -2.18. The molecule has 0 aliphatic rings. The summed E-state index contributed by atoms with van der Waals surface area (Å²) in [7, 11) is 0. The first-order valence-corrected chi connectivity index (χ1v) is 7.99. The second-order valence-electron chi connectivity index (χ2n) is 6.12. The Hall–Kier alpha value is -2.80. The molecule has 4 nitrogen and oxygen atoms in total. The smallest absolute Gasteiger partial charge is 0.265 e. The van der Waals surface area contributed by atoms with E-state index in [1.807, 2.05) is 19.1 Å². The number of ether oxygens (including phenoxy) is 1. The summed E-state index contributed by atoms with van der Waals surface area (Å²) in [4.78, 5) is 12.3. The molecule has 1 unspecified atom stereocenters. The van der Waals surface area contributed by atoms with Gasteiger partial charge in [0.15, 0.2) is 6.10 Å². The number of nitrogens with zero attached hydrogens (tertiary/aromatic N) is 1. The van der Waals surface area contributed by atoms with E-state index in [2.05, 4.69) is 31.3 Å². The van der Waals surface area contributed by atoms with Gasteiger partial charge in [0.1, 0.15) is 5.75 Å². The van der Waals surface area contributed by atoms with E-state index in [9.17, 15) is 4.79 Å². The molecule has 0 saturated carbocycles. The summed E-state index contributed by atoms with van der Waals surface area (Å²) >= 11 is 0. The highest BCUT2D eigenvalue weighted by Crippen LogP contribution is 2.25. The van der Waals surface area contributed by atoms with Crippen molar-refractivity contribution in [3.05, 3.63) is 59.2 Å². The molecule has 0 heterocycles. The minimum atomic E-state index is -0.642. The molecule has 2 aromatic carbocycles. The van der Waals surface area contributed by atoms with Gasteiger partial charge in [0.05, 0.1) is 11.6 Å². The Kier molecular flexibility index (Phi) is 5.59. The first-order valence-electron chi connectivity index (χ1n) is 7.99. The Morgan fingerprint density at radius 1 is 1.17 bits per heavy atom. The molecular formula is C20H22N2O2. The van der Waals surface area contributed by atoms with Gasteiger partial charge >= 0.3 is 0 Å². The first-order chi connectivity index (χ1) is 11.4. The fraction of sp³-hybridized carbons (Fsp3) is 0.300. The molecule has 4 heteroatoms. The molecule has 0 aliphatic carbocycles. The molecule has 0 saturated heterocycles. The maximum absolute atomic E-state index is 12.3. The van der Waals surface area contributed by atoms with Crippen molar-refractivity contribution in [2.45, 2.75) is 39.7 Å². The fourth-order valence-electron chi connectivity index (χ4n) is 2.26. The highest BCUT2D eigenvalue weighted by Gasteiger charge is 2.16. The molecule has 2 aromatic rings. The van der Waals surface area contributed by atoms with Crippen LogP contribution in [0, 0.1) is 18.3 Å². The number of carbonyl (C=O) groups excluding carboxylic acids is 1. The van der Waals surface area contributed by atoms with E-state index in [1.54, 1.807) is 31.2 Å². The van der Waals surface area contributed by atoms with Crippen LogP contribution in [0.4, 0.5) is 5.69 Å². The molecule has 1 amide bonds. The number of benzene rings is 2. The minimum Gasteiger partial charge on any atom is -0.481 e. The van der Waals surface area contributed by atoms with E-state index < -0.39 is 6.10 Å². The number of aryl methyl sites for hydroxylation is 1. The lowest BCUT2D eigenvalue weighted by Crippen LogP contribution is -2.30. The van der Waals surface area contributed by atoms with Crippen molar-refractivity contribution in [2.75, 3.05) is 5.32 Å². The average molecular weight is 322 g/mol. The van der Waals surface area contributed by atoms with Crippen molar-refractivity contribution in [2.24, 2.45) is 0 Å². The molecule has 0 radical (unpaired) electrons. The van der Waals surface area contributed by atoms with Crippen LogP contribution in [-0.2, 0) is 4.79 Å². The van der Waals surface area contributed by atoms with E-state index in [4.69, 9.17) is 10.00 Å². The minimum absolute atomic E-state index is 0.251. The van der Waals surface area contributed by atoms with Gasteiger partial charge in [-0.05, 0) is 55.2 Å². The zero-order valence-corrected chi connectivity index (χ0v) is 14.5. The van der Waals surface area contributed by atoms with E-state index >= 15 is 0 Å². The Bertz CT molecular complexity index is 775. The monoisotopic (exact) mass is 322 g/mol. The number of hydrogen-bond donors (Lipinski definition) is 1. The van der Waals surface area contributed by atoms with E-state index in [1.165, 1.54) is 5.56 Å². The molecule has 0 bridgehead atoms. The highest BCUT2D eigenvalue weighted by molar-refractivity contribution is 5.94. The van der Waals surface area contributed by atoms with Crippen molar-refractivity contribution < 1.29 is 9.53 Å². The van der Waals surface area contributed by atoms with Gasteiger partial charge in [-0.25, -0.2) is 0 Å². The predicted molar refractivity (Wildman–Crippen MR) is 95.1 cm³/mol. The van der Waals surface area contributed by atoms with Gasteiger partial charge in [-0.1, -0.05) is 32.0 Å². The third kappa shape index (κ3) is 4.36. The third-order valence-corrected chi connectivity index (χ3v) is 3.81. The maximum Gasteiger partial charge on any atom is 0.265 e. The molecule has 24 heavy (non-hydrogen) atoms. The van der Waals surface area contributed by atoms with Gasteiger partial charge < -0.3 is 10.1 Å². The number of hydrogen-bond acceptors (Lipinski definition) is 3. The summed E-state index contributed by atoms with van der Waals surface area (Å²) < 4.78 is 5.85. The molecule has 0 aliphatic heterocycles. The van der Waals surface area contributed by atoms with E-state index in [0.29, 0.717) is 17.2 Å². The van der Waals surface area contributed by atoms with E-state index in [-0.39, 0.29) is 5.91 Å². The molecule has 0 spiro atoms. The summed E-state index contributed by atoms with van der Waals surface area (Å²) in [5, 5.41) is 11.7. The number of nitrogens with one attached hydrogen (secondary N) is 1. The zero-order valence-electron chi connectivity index (χ0n) is 14.5. The number of amides is 1. The van der Waals surface area contributed by atoms with E-state index in [0.717, 1.165) is 11.3 Å². The lowest BCUT2D eigenvalue weighted by atomic mass is 10.0. The van der Waals surface area contributed by atoms with Crippen LogP contribution >= 0.6 is 0 Å². The lowest BCUT2D eigenvalue weighted by molar-refractivity contribution is -0.122. The van der Waals surface area contributed by atoms with Crippen LogP contribution in [0.3, 0.4) is 0 Å². The van der Waals surface area contributed by atoms with Gasteiger partial charge in [0, 0.05) is 5.69 Å². The molecule has 1 atom stereocenters. The fourth-order valence-corrected chi connectivity index (χ4v) is 2.26. The second-order valence-corrected chi connectivity index (χ2v) is 6.12. The molecule has 124 valence electrons. The molecular weight excluding hydrogens is 300 g/mol. The zero-order chi connectivity index (χ0) is 17.7. The second kappa shape index (κ2) is 7.65. The van der Waals surface area contributed by atoms with Gasteiger partial charge in [0.2, 0.25) is 0 Å². The summed E-state index contributed by atoms with van der Waals surface area (Å²) in [5.41, 5.74) is 3.25. The number of anilines is 1. The Morgan fingerprint density at radius 2 is 1.92 bits per heavy atom. The summed E-state index contributed by atoms with van der Waals surface area (Å²) in [5.74, 6) is 0.861. The standard InChI is InChI=1S/C20H22N2O2/c1-13(2)17-9-8-14(3)19(11-17)24-15(4)20(23)22-18-7-5-6-16(10-18)12-21/h5-11,13,15H,1-4H3,(H,22,23). The summed E-state index contributed by atoms with van der Waals surface area (Å²) in [6.45, 7) is 7.91. The van der Waals surface area contributed by atoms with Crippen molar-refractivity contribution in [3.8, 4) is 11.8 Å². The Balaban J connectivity index is 2.09. The van der Waals surface area contributed by atoms with Crippen molar-refractivity contribution in [1.82, 2.24) is 0 Å². The van der Waals surface area contributed by atoms with Crippen molar-refractivity contribution in [1.29, 1.82) is 5.26 Å². The van der Waals surface area contributed by atoms with Crippen LogP contribution in [-0.4, -0.2) is 12.0 Å². The number of rotatable bonds is 5. The van der Waals surface area contributed by atoms with Gasteiger partial charge in [-0.2, -0.15) is 5.26 Å². The SMILES string of the molecule is Cc1ccc(C(C)C)cc1OC(C)C(=O)Nc1cccc(C#N)c1. The van der Waals surface area contributed by atoms with Crippen molar-refractivity contribution in [3.63, 3.8) is 0 Å². The quantitative estimate of drug-likeness (QED) is 0.887. The Labute approximate surface area is 143 Å². The van der Waals surface area contributed by atoms with Gasteiger partial charge in [-0.15, -0.1) is 0 Å². The highest BCUT2D eigenvalue weighted by atomic mass is 16.5. The van der Waals surface area contributed by atoms with Crippen LogP contribution < -0.4 is 10.1 Å². The van der Waals surface area contributed by atoms with Crippen LogP contribution in [0.15, 0.2) is 42.5 Å². The maximum atomic E-state index is 12.3. The van der Waals surface area contributed by atoms with Gasteiger partial charge in [-0.3, -0.25) is 4.79 Å². The predicted octanol–water partition coefficient (Wildman–Crippen LogP) is 4.40. The van der Waals surface area contributed by atoms with Crippen LogP contribution in [0.25, 0.3) is 0 Å². The number of nitriles is 1. The van der Waals surface area contributed by atoms with Crippen LogP contribution in [0.2, 0.25) is 0 Å². The topological polar surface area (TPSA) is 62.1 Å². The molecule has 2 rings (SSSR count). The Morgan fingerprint density at radius 3 is 2.58 bits per heavy atom. The molecule has 0 fully saturated rings. The first kappa shape index (κ1) is 17.6. The van der Waals surface area contributed by atoms with Crippen LogP contribution in [0.5, 0.6) is 5.75 Å². The summed E-state index contributed by atoms with van der Waals surface area (Å²) in [6, 6.07) is 14.9. The van der Waals surface area contributed by atoms with Gasteiger partial charge in [0.25, 0.3) is 5.91 Å². The van der Waals surface area contributed by atoms with Crippen LogP contribution in [0.1, 0.15) is 43.4 Å². The molecule has 1 N–H and O–H groups in total. The number of carbonyl (C=O) groups is 1. The van der Waals surface area contributed by atoms with Crippen molar-refractivity contribution >= 4 is 11.6 Å².